The van der Waals surface area contributed by atoms with Gasteiger partial charge in [-0.15, -0.1) is 10.2 Å². The molecule has 0 unspecified atom stereocenters. The van der Waals surface area contributed by atoms with E-state index in [1.807, 2.05) is 24.3 Å². The molecule has 31 heavy (non-hydrogen) atoms. The first-order valence-electron chi connectivity index (χ1n) is 10.3. The van der Waals surface area contributed by atoms with Crippen LogP contribution in [0.4, 0.5) is 5.69 Å². The van der Waals surface area contributed by atoms with Crippen molar-refractivity contribution >= 4 is 35.0 Å². The summed E-state index contributed by atoms with van der Waals surface area (Å²) in [5, 5.41) is 12.7. The molecule has 1 N–H and O–H groups in total. The summed E-state index contributed by atoms with van der Waals surface area (Å²) in [6, 6.07) is 11.6. The smallest absolute Gasteiger partial charge is 0.234 e. The van der Waals surface area contributed by atoms with E-state index in [-0.39, 0.29) is 16.8 Å². The van der Waals surface area contributed by atoms with Gasteiger partial charge in [-0.25, -0.2) is 4.98 Å². The maximum Gasteiger partial charge on any atom is 0.234 e. The molecule has 1 aliphatic rings. The Morgan fingerprint density at radius 2 is 1.97 bits per heavy atom. The molecule has 0 spiro atoms. The second kappa shape index (κ2) is 10.2. The Kier molecular flexibility index (Phi) is 7.09. The molecule has 1 aliphatic carbocycles. The number of carbonyl (C=O) groups excluding carboxylic acids is 1. The minimum absolute atomic E-state index is 0.163. The fraction of sp³-hybridized carbons (Fsp3) is 0.364. The molecule has 2 heterocycles. The number of nitrogens with one attached hydrogen (secondary N) is 1. The number of amides is 1. The van der Waals surface area contributed by atoms with E-state index >= 15 is 0 Å². The summed E-state index contributed by atoms with van der Waals surface area (Å²) >= 11 is 7.42. The van der Waals surface area contributed by atoms with Gasteiger partial charge in [-0.3, -0.25) is 9.36 Å². The van der Waals surface area contributed by atoms with Crippen molar-refractivity contribution in [3.05, 3.63) is 47.7 Å². The van der Waals surface area contributed by atoms with Gasteiger partial charge in [-0.1, -0.05) is 42.6 Å². The van der Waals surface area contributed by atoms with Gasteiger partial charge in [0.25, 0.3) is 0 Å². The van der Waals surface area contributed by atoms with Gasteiger partial charge in [0.15, 0.2) is 16.1 Å². The Balaban J connectivity index is 1.54. The van der Waals surface area contributed by atoms with Crippen molar-refractivity contribution in [2.75, 3.05) is 18.2 Å². The van der Waals surface area contributed by atoms with Crippen molar-refractivity contribution < 1.29 is 9.53 Å². The lowest BCUT2D eigenvalue weighted by atomic mass is 9.95. The first-order valence-corrected chi connectivity index (χ1v) is 11.6. The minimum atomic E-state index is -0.163. The van der Waals surface area contributed by atoms with Crippen LogP contribution in [0.3, 0.4) is 0 Å². The number of ether oxygens (including phenoxy) is 1. The topological polar surface area (TPSA) is 81.9 Å². The number of halogens is 1. The number of hydrogen-bond donors (Lipinski definition) is 1. The summed E-state index contributed by atoms with van der Waals surface area (Å²) in [4.78, 5) is 16.5. The lowest BCUT2D eigenvalue weighted by Gasteiger charge is -2.25. The second-order valence-electron chi connectivity index (χ2n) is 7.38. The van der Waals surface area contributed by atoms with Gasteiger partial charge in [0.1, 0.15) is 5.75 Å². The van der Waals surface area contributed by atoms with Crippen LogP contribution in [0.1, 0.15) is 38.1 Å². The first-order chi connectivity index (χ1) is 15.2. The van der Waals surface area contributed by atoms with E-state index in [1.54, 1.807) is 25.4 Å². The maximum absolute atomic E-state index is 12.5. The van der Waals surface area contributed by atoms with Crippen molar-refractivity contribution in [1.29, 1.82) is 0 Å². The zero-order chi connectivity index (χ0) is 21.6. The Labute approximate surface area is 190 Å². The van der Waals surface area contributed by atoms with Gasteiger partial charge in [0.05, 0.1) is 18.6 Å². The zero-order valence-corrected chi connectivity index (χ0v) is 18.8. The number of benzene rings is 1. The van der Waals surface area contributed by atoms with Crippen LogP contribution < -0.4 is 10.1 Å². The van der Waals surface area contributed by atoms with E-state index in [4.69, 9.17) is 16.3 Å². The van der Waals surface area contributed by atoms with Crippen LogP contribution in [-0.4, -0.2) is 38.5 Å². The summed E-state index contributed by atoms with van der Waals surface area (Å²) in [6.07, 6.45) is 7.40. The zero-order valence-electron chi connectivity index (χ0n) is 17.3. The third-order valence-electron chi connectivity index (χ3n) is 5.32. The molecule has 1 saturated carbocycles. The van der Waals surface area contributed by atoms with Crippen molar-refractivity contribution in [3.63, 3.8) is 0 Å². The molecule has 162 valence electrons. The molecule has 0 saturated heterocycles. The molecule has 0 aliphatic heterocycles. The Morgan fingerprint density at radius 3 is 2.68 bits per heavy atom. The predicted molar refractivity (Wildman–Crippen MR) is 123 cm³/mol. The summed E-state index contributed by atoms with van der Waals surface area (Å²) in [5.41, 5.74) is 1.49. The molecule has 0 radical (unpaired) electrons. The third-order valence-corrected chi connectivity index (χ3v) is 6.56. The molecule has 9 heteroatoms. The molecule has 0 bridgehead atoms. The van der Waals surface area contributed by atoms with Crippen LogP contribution in [0.15, 0.2) is 47.8 Å². The highest BCUT2D eigenvalue weighted by Crippen LogP contribution is 2.36. The molecule has 2 aromatic heterocycles. The predicted octanol–water partition coefficient (Wildman–Crippen LogP) is 5.24. The molecule has 7 nitrogen and oxygen atoms in total. The SMILES string of the molecule is COc1ccc(-c2nnc(SCC(=O)Nc3cccnc3Cl)n2C2CCCCC2)cc1. The highest BCUT2D eigenvalue weighted by atomic mass is 35.5. The number of hydrogen-bond acceptors (Lipinski definition) is 6. The van der Waals surface area contributed by atoms with Crippen LogP contribution in [0.2, 0.25) is 5.15 Å². The number of nitrogens with zero attached hydrogens (tertiary/aromatic N) is 4. The Hall–Kier alpha value is -2.58. The standard InChI is InChI=1S/C22H24ClN5O2S/c1-30-17-11-9-15(10-12-17)21-26-27-22(28(21)16-6-3-2-4-7-16)31-14-19(29)25-18-8-5-13-24-20(18)23/h5,8-13,16H,2-4,6-7,14H2,1H3,(H,25,29). The number of carbonyl (C=O) groups is 1. The fourth-order valence-corrected chi connectivity index (χ4v) is 4.75. The highest BCUT2D eigenvalue weighted by Gasteiger charge is 2.24. The summed E-state index contributed by atoms with van der Waals surface area (Å²) in [7, 11) is 1.65. The van der Waals surface area contributed by atoms with E-state index in [1.165, 1.54) is 31.0 Å². The van der Waals surface area contributed by atoms with Gasteiger partial charge in [-0.2, -0.15) is 0 Å². The Morgan fingerprint density at radius 1 is 1.19 bits per heavy atom. The van der Waals surface area contributed by atoms with Gasteiger partial charge in [-0.05, 0) is 49.2 Å². The fourth-order valence-electron chi connectivity index (χ4n) is 3.78. The molecule has 4 rings (SSSR count). The monoisotopic (exact) mass is 457 g/mol. The summed E-state index contributed by atoms with van der Waals surface area (Å²) in [5.74, 6) is 1.67. The van der Waals surface area contributed by atoms with Gasteiger partial charge in [0.2, 0.25) is 5.91 Å². The highest BCUT2D eigenvalue weighted by molar-refractivity contribution is 7.99. The maximum atomic E-state index is 12.5. The largest absolute Gasteiger partial charge is 0.497 e. The number of aromatic nitrogens is 4. The molecule has 3 aromatic rings. The molecule has 1 amide bonds. The number of methoxy groups -OCH3 is 1. The Bertz CT molecular complexity index is 1030. The van der Waals surface area contributed by atoms with Crippen molar-refractivity contribution in [2.45, 2.75) is 43.3 Å². The lowest BCUT2D eigenvalue weighted by molar-refractivity contribution is -0.113. The van der Waals surface area contributed by atoms with Crippen molar-refractivity contribution in [2.24, 2.45) is 0 Å². The van der Waals surface area contributed by atoms with E-state index in [2.05, 4.69) is 25.1 Å². The number of thioether (sulfide) groups is 1. The number of rotatable bonds is 7. The van der Waals surface area contributed by atoms with Gasteiger partial charge in [0, 0.05) is 17.8 Å². The van der Waals surface area contributed by atoms with Crippen LogP contribution >= 0.6 is 23.4 Å². The number of pyridine rings is 1. The normalized spacial score (nSPS) is 14.4. The molecular formula is C22H24ClN5O2S. The molecule has 0 atom stereocenters. The first kappa shape index (κ1) is 21.6. The summed E-state index contributed by atoms with van der Waals surface area (Å²) < 4.78 is 7.48. The van der Waals surface area contributed by atoms with Crippen LogP contribution in [0.5, 0.6) is 5.75 Å². The van der Waals surface area contributed by atoms with Crippen molar-refractivity contribution in [3.8, 4) is 17.1 Å². The number of anilines is 1. The van der Waals surface area contributed by atoms with Gasteiger partial charge < -0.3 is 10.1 Å². The minimum Gasteiger partial charge on any atom is -0.497 e. The average Bonchev–Trinajstić information content (AvgIpc) is 3.24. The summed E-state index contributed by atoms with van der Waals surface area (Å²) in [6.45, 7) is 0. The van der Waals surface area contributed by atoms with Crippen molar-refractivity contribution in [1.82, 2.24) is 19.7 Å². The average molecular weight is 458 g/mol. The molecule has 1 aromatic carbocycles. The quantitative estimate of drug-likeness (QED) is 0.386. The van der Waals surface area contributed by atoms with Gasteiger partial charge >= 0.3 is 0 Å². The van der Waals surface area contributed by atoms with Crippen LogP contribution in [0.25, 0.3) is 11.4 Å². The van der Waals surface area contributed by atoms with Crippen LogP contribution in [0, 0.1) is 0 Å². The van der Waals surface area contributed by atoms with E-state index < -0.39 is 0 Å². The lowest BCUT2D eigenvalue weighted by Crippen LogP contribution is -2.17. The van der Waals surface area contributed by atoms with Crippen LogP contribution in [-0.2, 0) is 4.79 Å². The second-order valence-corrected chi connectivity index (χ2v) is 8.68. The molecular weight excluding hydrogens is 434 g/mol. The van der Waals surface area contributed by atoms with E-state index in [0.29, 0.717) is 11.7 Å². The van der Waals surface area contributed by atoms with E-state index in [0.717, 1.165) is 35.1 Å². The third kappa shape index (κ3) is 5.19. The van der Waals surface area contributed by atoms with E-state index in [9.17, 15) is 4.79 Å². The molecule has 1 fully saturated rings.